The summed E-state index contributed by atoms with van der Waals surface area (Å²) >= 11 is 0. The van der Waals surface area contributed by atoms with Gasteiger partial charge in [-0.25, -0.2) is 4.79 Å². The Balaban J connectivity index is 1.57. The maximum absolute atomic E-state index is 12.8. The van der Waals surface area contributed by atoms with E-state index in [0.717, 1.165) is 12.3 Å². The molecule has 0 bridgehead atoms. The minimum Gasteiger partial charge on any atom is -0.318 e. The third-order valence-electron chi connectivity index (χ3n) is 6.57. The van der Waals surface area contributed by atoms with E-state index in [4.69, 9.17) is 0 Å². The first-order valence-electron chi connectivity index (χ1n) is 10.9. The normalized spacial score (nSPS) is 22.0. The highest BCUT2D eigenvalue weighted by Gasteiger charge is 2.48. The van der Waals surface area contributed by atoms with Crippen molar-refractivity contribution in [3.8, 4) is 0 Å². The minimum atomic E-state index is -1.30. The number of benzene rings is 1. The molecule has 1 aromatic carbocycles. The molecule has 1 aliphatic carbocycles. The molecule has 6 heteroatoms. The summed E-state index contributed by atoms with van der Waals surface area (Å²) in [7, 11) is 0. The van der Waals surface area contributed by atoms with Gasteiger partial charge < -0.3 is 9.88 Å². The summed E-state index contributed by atoms with van der Waals surface area (Å²) in [5, 5.41) is 5.11. The van der Waals surface area contributed by atoms with Gasteiger partial charge in [0.2, 0.25) is 0 Å². The van der Waals surface area contributed by atoms with Crippen LogP contribution in [-0.2, 0) is 23.3 Å². The van der Waals surface area contributed by atoms with Crippen molar-refractivity contribution < 1.29 is 9.59 Å². The van der Waals surface area contributed by atoms with Gasteiger partial charge in [-0.15, -0.1) is 0 Å². The van der Waals surface area contributed by atoms with E-state index < -0.39 is 17.5 Å². The highest BCUT2D eigenvalue weighted by Crippen LogP contribution is 2.30. The lowest BCUT2D eigenvalue weighted by Gasteiger charge is -2.28. The van der Waals surface area contributed by atoms with E-state index >= 15 is 0 Å². The number of hydrogen-bond donors (Lipinski definition) is 2. The zero-order valence-electron chi connectivity index (χ0n) is 17.4. The van der Waals surface area contributed by atoms with Gasteiger partial charge in [0.1, 0.15) is 0 Å². The summed E-state index contributed by atoms with van der Waals surface area (Å²) in [6, 6.07) is 10.9. The third-order valence-corrected chi connectivity index (χ3v) is 6.57. The second-order valence-electron chi connectivity index (χ2n) is 8.68. The molecule has 6 nitrogen and oxygen atoms in total. The van der Waals surface area contributed by atoms with E-state index in [-0.39, 0.29) is 12.1 Å². The monoisotopic (exact) mass is 407 g/mol. The molecule has 2 heterocycles. The van der Waals surface area contributed by atoms with Crippen molar-refractivity contribution in [1.82, 2.24) is 15.2 Å². The van der Waals surface area contributed by atoms with E-state index in [9.17, 15) is 14.4 Å². The smallest absolute Gasteiger partial charge is 0.318 e. The van der Waals surface area contributed by atoms with Crippen molar-refractivity contribution in [1.29, 1.82) is 0 Å². The fourth-order valence-corrected chi connectivity index (χ4v) is 4.74. The lowest BCUT2D eigenvalue weighted by Crippen LogP contribution is -2.49. The lowest BCUT2D eigenvalue weighted by atomic mass is 9.84. The number of nitrogens with zero attached hydrogens (tertiary/aromatic N) is 1. The molecule has 1 aromatic heterocycles. The number of aryl methyl sites for hydroxylation is 2. The molecule has 2 aliphatic rings. The average Bonchev–Trinajstić information content (AvgIpc) is 3.05. The summed E-state index contributed by atoms with van der Waals surface area (Å²) in [4.78, 5) is 37.3. The SMILES string of the molecule is Cc1cccn(CC2(c3ccc(CCC4CCCCC4)cc3)NC(=O)NC2=O)c1=O. The van der Waals surface area contributed by atoms with Crippen LogP contribution >= 0.6 is 0 Å². The Labute approximate surface area is 176 Å². The van der Waals surface area contributed by atoms with Gasteiger partial charge in [-0.05, 0) is 42.9 Å². The second kappa shape index (κ2) is 8.46. The minimum absolute atomic E-state index is 0.0481. The number of carbonyl (C=O) groups is 2. The highest BCUT2D eigenvalue weighted by molar-refractivity contribution is 6.07. The fourth-order valence-electron chi connectivity index (χ4n) is 4.74. The van der Waals surface area contributed by atoms with Crippen molar-refractivity contribution in [2.45, 2.75) is 64.0 Å². The fraction of sp³-hybridized carbons (Fsp3) is 0.458. The van der Waals surface area contributed by atoms with Crippen LogP contribution in [0.1, 0.15) is 55.2 Å². The molecule has 4 rings (SSSR count). The summed E-state index contributed by atoms with van der Waals surface area (Å²) in [5.74, 6) is 0.383. The zero-order valence-corrected chi connectivity index (χ0v) is 17.4. The molecule has 3 amide bonds. The van der Waals surface area contributed by atoms with Crippen molar-refractivity contribution in [3.05, 3.63) is 69.6 Å². The average molecular weight is 408 g/mol. The van der Waals surface area contributed by atoms with Crippen molar-refractivity contribution in [2.75, 3.05) is 0 Å². The Kier molecular flexibility index (Phi) is 5.75. The number of pyridine rings is 1. The maximum atomic E-state index is 12.8. The Bertz CT molecular complexity index is 990. The van der Waals surface area contributed by atoms with Gasteiger partial charge in [-0.2, -0.15) is 0 Å². The standard InChI is InChI=1S/C24H29N3O3/c1-17-6-5-15-27(21(17)28)16-24(22(29)25-23(30)26-24)20-13-11-19(12-14-20)10-9-18-7-3-2-4-8-18/h5-6,11-15,18H,2-4,7-10,16H2,1H3,(H2,25,26,29,30). The Morgan fingerprint density at radius 2 is 1.77 bits per heavy atom. The Morgan fingerprint density at radius 3 is 2.43 bits per heavy atom. The van der Waals surface area contributed by atoms with Crippen LogP contribution in [0.4, 0.5) is 4.79 Å². The predicted octanol–water partition coefficient (Wildman–Crippen LogP) is 3.40. The number of amides is 3. The van der Waals surface area contributed by atoms with Crippen LogP contribution in [0.2, 0.25) is 0 Å². The molecule has 1 atom stereocenters. The van der Waals surface area contributed by atoms with Crippen LogP contribution < -0.4 is 16.2 Å². The van der Waals surface area contributed by atoms with Gasteiger partial charge in [-0.1, -0.05) is 62.4 Å². The van der Waals surface area contributed by atoms with Crippen LogP contribution in [-0.4, -0.2) is 16.5 Å². The lowest BCUT2D eigenvalue weighted by molar-refractivity contribution is -0.124. The number of carbonyl (C=O) groups excluding carboxylic acids is 2. The van der Waals surface area contributed by atoms with Gasteiger partial charge in [0.05, 0.1) is 6.54 Å². The van der Waals surface area contributed by atoms with Gasteiger partial charge >= 0.3 is 6.03 Å². The second-order valence-corrected chi connectivity index (χ2v) is 8.68. The quantitative estimate of drug-likeness (QED) is 0.720. The molecule has 30 heavy (non-hydrogen) atoms. The van der Waals surface area contributed by atoms with E-state index in [1.54, 1.807) is 25.3 Å². The topological polar surface area (TPSA) is 80.2 Å². The maximum Gasteiger partial charge on any atom is 0.322 e. The first kappa shape index (κ1) is 20.4. The van der Waals surface area contributed by atoms with Crippen molar-refractivity contribution in [3.63, 3.8) is 0 Å². The summed E-state index contributed by atoms with van der Waals surface area (Å²) in [6.07, 6.45) is 10.6. The largest absolute Gasteiger partial charge is 0.322 e. The van der Waals surface area contributed by atoms with Gasteiger partial charge in [0.25, 0.3) is 11.5 Å². The van der Waals surface area contributed by atoms with Gasteiger partial charge in [0.15, 0.2) is 5.54 Å². The van der Waals surface area contributed by atoms with Crippen LogP contribution in [0.3, 0.4) is 0 Å². The Hall–Kier alpha value is -2.89. The zero-order chi connectivity index (χ0) is 21.1. The molecule has 2 aromatic rings. The highest BCUT2D eigenvalue weighted by atomic mass is 16.2. The molecule has 1 aliphatic heterocycles. The number of hydrogen-bond acceptors (Lipinski definition) is 3. The number of urea groups is 1. The predicted molar refractivity (Wildman–Crippen MR) is 115 cm³/mol. The molecule has 2 fully saturated rings. The van der Waals surface area contributed by atoms with Crippen molar-refractivity contribution in [2.24, 2.45) is 5.92 Å². The molecule has 1 saturated heterocycles. The van der Waals surface area contributed by atoms with E-state index in [1.807, 2.05) is 24.3 Å². The van der Waals surface area contributed by atoms with Crippen LogP contribution in [0.25, 0.3) is 0 Å². The summed E-state index contributed by atoms with van der Waals surface area (Å²) < 4.78 is 1.48. The number of nitrogens with one attached hydrogen (secondary N) is 2. The van der Waals surface area contributed by atoms with Gasteiger partial charge in [-0.3, -0.25) is 14.9 Å². The molecule has 158 valence electrons. The molecule has 2 N–H and O–H groups in total. The number of imide groups is 1. The summed E-state index contributed by atoms with van der Waals surface area (Å²) in [5.41, 5.74) is 1.04. The van der Waals surface area contributed by atoms with Crippen LogP contribution in [0, 0.1) is 12.8 Å². The summed E-state index contributed by atoms with van der Waals surface area (Å²) in [6.45, 7) is 1.78. The molecular formula is C24H29N3O3. The van der Waals surface area contributed by atoms with Crippen molar-refractivity contribution >= 4 is 11.9 Å². The van der Waals surface area contributed by atoms with Gasteiger partial charge in [0, 0.05) is 11.8 Å². The van der Waals surface area contributed by atoms with E-state index in [0.29, 0.717) is 11.1 Å². The first-order chi connectivity index (χ1) is 14.5. The number of rotatable bonds is 6. The van der Waals surface area contributed by atoms with Crippen LogP contribution in [0.15, 0.2) is 47.4 Å². The van der Waals surface area contributed by atoms with E-state index in [2.05, 4.69) is 10.6 Å². The number of aromatic nitrogens is 1. The molecule has 1 unspecified atom stereocenters. The molecule has 0 radical (unpaired) electrons. The third kappa shape index (κ3) is 4.04. The molecule has 0 spiro atoms. The molecule has 1 saturated carbocycles. The molecular weight excluding hydrogens is 378 g/mol. The van der Waals surface area contributed by atoms with E-state index in [1.165, 1.54) is 48.7 Å². The van der Waals surface area contributed by atoms with Crippen LogP contribution in [0.5, 0.6) is 0 Å². The first-order valence-corrected chi connectivity index (χ1v) is 10.9. The Morgan fingerprint density at radius 1 is 1.03 bits per heavy atom.